The predicted octanol–water partition coefficient (Wildman–Crippen LogP) is 5.59. The van der Waals surface area contributed by atoms with Crippen LogP contribution in [-0.4, -0.2) is 41.4 Å². The quantitative estimate of drug-likeness (QED) is 0.389. The van der Waals surface area contributed by atoms with Crippen molar-refractivity contribution in [3.05, 3.63) is 47.5 Å². The molecule has 3 fully saturated rings. The average molecular weight is 550 g/mol. The topological polar surface area (TPSA) is 110 Å². The van der Waals surface area contributed by atoms with Crippen LogP contribution in [0.15, 0.2) is 42.0 Å². The lowest BCUT2D eigenvalue weighted by Crippen LogP contribution is -2.51. The van der Waals surface area contributed by atoms with E-state index in [4.69, 9.17) is 4.74 Å². The summed E-state index contributed by atoms with van der Waals surface area (Å²) >= 11 is 0. The Morgan fingerprint density at radius 3 is 2.52 bits per heavy atom. The first-order chi connectivity index (χ1) is 19.1. The van der Waals surface area contributed by atoms with E-state index in [0.29, 0.717) is 24.2 Å². The van der Waals surface area contributed by atoms with Gasteiger partial charge in [-0.25, -0.2) is 0 Å². The number of rotatable bonds is 9. The van der Waals surface area contributed by atoms with Crippen molar-refractivity contribution >= 4 is 23.6 Å². The first kappa shape index (κ1) is 28.6. The van der Waals surface area contributed by atoms with Crippen LogP contribution in [0, 0.1) is 28.6 Å². The molecule has 0 heterocycles. The number of allylic oxidation sites excluding steroid dienone is 1. The van der Waals surface area contributed by atoms with Gasteiger partial charge in [-0.3, -0.25) is 19.2 Å². The Balaban J connectivity index is 1.13. The lowest BCUT2D eigenvalue weighted by Gasteiger charge is -2.57. The Morgan fingerprint density at radius 2 is 1.77 bits per heavy atom. The second-order valence-corrected chi connectivity index (χ2v) is 13.1. The van der Waals surface area contributed by atoms with Gasteiger partial charge < -0.3 is 15.2 Å². The lowest BCUT2D eigenvalue weighted by atomic mass is 9.47. The van der Waals surface area contributed by atoms with Gasteiger partial charge in [-0.2, -0.15) is 0 Å². The van der Waals surface area contributed by atoms with Crippen LogP contribution >= 0.6 is 0 Å². The van der Waals surface area contributed by atoms with Gasteiger partial charge in [-0.05, 0) is 79.8 Å². The van der Waals surface area contributed by atoms with E-state index in [1.807, 2.05) is 36.4 Å². The fraction of sp³-hybridized carbons (Fsp3) is 0.636. The van der Waals surface area contributed by atoms with Gasteiger partial charge in [0.15, 0.2) is 5.78 Å². The summed E-state index contributed by atoms with van der Waals surface area (Å²) in [6.45, 7) is 4.89. The Kier molecular flexibility index (Phi) is 8.21. The van der Waals surface area contributed by atoms with E-state index in [-0.39, 0.29) is 66.3 Å². The summed E-state index contributed by atoms with van der Waals surface area (Å²) in [6, 6.07) is 9.29. The second-order valence-electron chi connectivity index (χ2n) is 13.1. The molecule has 0 aliphatic heterocycles. The Labute approximate surface area is 237 Å². The third-order valence-corrected chi connectivity index (χ3v) is 10.9. The maximum absolute atomic E-state index is 12.9. The number of carboxylic acid groups (broad SMARTS) is 1. The monoisotopic (exact) mass is 549 g/mol. The molecule has 0 radical (unpaired) electrons. The SMILES string of the molecule is C[C@]12CCC(=O)C=C1CC[C@@H]1[C@@H]2CC[C@]2(C)C(OC(=O)CCC(=O)NCC(CC(=O)O)c3ccccc3)CC[C@@H]12. The van der Waals surface area contributed by atoms with Crippen LogP contribution in [-0.2, 0) is 23.9 Å². The van der Waals surface area contributed by atoms with Crippen molar-refractivity contribution in [2.75, 3.05) is 6.54 Å². The van der Waals surface area contributed by atoms with Gasteiger partial charge in [-0.15, -0.1) is 0 Å². The zero-order valence-corrected chi connectivity index (χ0v) is 23.8. The van der Waals surface area contributed by atoms with Crippen molar-refractivity contribution in [1.82, 2.24) is 5.32 Å². The molecule has 0 spiro atoms. The number of carbonyl (C=O) groups is 4. The number of benzene rings is 1. The van der Waals surface area contributed by atoms with Crippen molar-refractivity contribution in [1.29, 1.82) is 0 Å². The molecule has 7 atom stereocenters. The molecule has 1 aromatic carbocycles. The minimum atomic E-state index is -0.919. The number of amides is 1. The van der Waals surface area contributed by atoms with Crippen LogP contribution in [0.4, 0.5) is 0 Å². The normalized spacial score (nSPS) is 33.5. The highest BCUT2D eigenvalue weighted by Gasteiger charge is 2.59. The number of ether oxygens (including phenoxy) is 1. The molecule has 216 valence electrons. The lowest BCUT2D eigenvalue weighted by molar-refractivity contribution is -0.160. The molecule has 3 saturated carbocycles. The van der Waals surface area contributed by atoms with Crippen LogP contribution in [0.25, 0.3) is 0 Å². The summed E-state index contributed by atoms with van der Waals surface area (Å²) in [5.41, 5.74) is 2.32. The van der Waals surface area contributed by atoms with Crippen molar-refractivity contribution in [2.45, 2.75) is 96.5 Å². The van der Waals surface area contributed by atoms with Crippen LogP contribution in [0.2, 0.25) is 0 Å². The number of hydrogen-bond donors (Lipinski definition) is 2. The van der Waals surface area contributed by atoms with E-state index in [1.54, 1.807) is 0 Å². The summed E-state index contributed by atoms with van der Waals surface area (Å²) in [7, 11) is 0. The number of esters is 1. The molecule has 0 bridgehead atoms. The minimum Gasteiger partial charge on any atom is -0.481 e. The number of ketones is 1. The Bertz CT molecular complexity index is 1180. The molecule has 1 amide bonds. The van der Waals surface area contributed by atoms with Gasteiger partial charge in [0.1, 0.15) is 6.10 Å². The number of fused-ring (bicyclic) bond motifs is 5. The van der Waals surface area contributed by atoms with Crippen LogP contribution in [0.1, 0.15) is 96.0 Å². The molecule has 2 N–H and O–H groups in total. The predicted molar refractivity (Wildman–Crippen MR) is 150 cm³/mol. The van der Waals surface area contributed by atoms with Crippen LogP contribution in [0.5, 0.6) is 0 Å². The Hall–Kier alpha value is -2.96. The number of nitrogens with one attached hydrogen (secondary N) is 1. The average Bonchev–Trinajstić information content (AvgIpc) is 3.26. The minimum absolute atomic E-state index is 0.0182. The second kappa shape index (κ2) is 11.5. The number of aliphatic carboxylic acids is 1. The largest absolute Gasteiger partial charge is 0.481 e. The van der Waals surface area contributed by atoms with E-state index in [0.717, 1.165) is 50.5 Å². The van der Waals surface area contributed by atoms with Gasteiger partial charge in [0, 0.05) is 30.7 Å². The van der Waals surface area contributed by atoms with Crippen molar-refractivity contribution in [2.24, 2.45) is 28.6 Å². The van der Waals surface area contributed by atoms with Crippen LogP contribution < -0.4 is 5.32 Å². The molecular formula is C33H43NO6. The maximum Gasteiger partial charge on any atom is 0.306 e. The smallest absolute Gasteiger partial charge is 0.306 e. The highest BCUT2D eigenvalue weighted by atomic mass is 16.5. The van der Waals surface area contributed by atoms with E-state index in [2.05, 4.69) is 19.2 Å². The van der Waals surface area contributed by atoms with E-state index < -0.39 is 5.97 Å². The zero-order valence-electron chi connectivity index (χ0n) is 23.8. The summed E-state index contributed by atoms with van der Waals surface area (Å²) < 4.78 is 6.05. The summed E-state index contributed by atoms with van der Waals surface area (Å²) in [6.07, 6.45) is 9.60. The van der Waals surface area contributed by atoms with Gasteiger partial charge in [0.05, 0.1) is 12.8 Å². The third-order valence-electron chi connectivity index (χ3n) is 10.9. The van der Waals surface area contributed by atoms with Crippen molar-refractivity contribution in [3.63, 3.8) is 0 Å². The Morgan fingerprint density at radius 1 is 1.00 bits per heavy atom. The molecule has 2 unspecified atom stereocenters. The summed E-state index contributed by atoms with van der Waals surface area (Å²) in [4.78, 5) is 48.8. The first-order valence-corrected chi connectivity index (χ1v) is 15.1. The summed E-state index contributed by atoms with van der Waals surface area (Å²) in [5.74, 6) is 0.145. The van der Waals surface area contributed by atoms with E-state index in [9.17, 15) is 24.3 Å². The maximum atomic E-state index is 12.9. The fourth-order valence-electron chi connectivity index (χ4n) is 8.71. The molecule has 7 nitrogen and oxygen atoms in total. The van der Waals surface area contributed by atoms with Gasteiger partial charge in [-0.1, -0.05) is 49.8 Å². The molecule has 0 saturated heterocycles. The molecule has 4 aliphatic carbocycles. The number of carboxylic acids is 1. The highest BCUT2D eigenvalue weighted by Crippen LogP contribution is 2.65. The highest BCUT2D eigenvalue weighted by molar-refractivity contribution is 5.91. The zero-order chi connectivity index (χ0) is 28.5. The number of hydrogen-bond acceptors (Lipinski definition) is 5. The standard InChI is InChI=1S/C33H43NO6/c1-32-16-14-24(35)19-23(32)8-9-25-26-10-11-28(33(26,2)17-15-27(25)32)40-31(39)13-12-29(36)34-20-22(18-30(37)38)21-6-4-3-5-7-21/h3-7,19,22,25-28H,8-18,20H2,1-2H3,(H,34,36)(H,37,38)/t22?,25-,26-,27-,28?,32-,33-/m0/s1. The van der Waals surface area contributed by atoms with Gasteiger partial charge in [0.25, 0.3) is 0 Å². The van der Waals surface area contributed by atoms with Crippen molar-refractivity contribution in [3.8, 4) is 0 Å². The third kappa shape index (κ3) is 5.61. The first-order valence-electron chi connectivity index (χ1n) is 15.1. The molecule has 0 aromatic heterocycles. The molecule has 5 rings (SSSR count). The number of carbonyl (C=O) groups excluding carboxylic acids is 3. The molecule has 1 aromatic rings. The van der Waals surface area contributed by atoms with Crippen LogP contribution in [0.3, 0.4) is 0 Å². The van der Waals surface area contributed by atoms with E-state index in [1.165, 1.54) is 5.57 Å². The van der Waals surface area contributed by atoms with Crippen molar-refractivity contribution < 1.29 is 29.0 Å². The fourth-order valence-corrected chi connectivity index (χ4v) is 8.71. The van der Waals surface area contributed by atoms with E-state index >= 15 is 0 Å². The molecule has 40 heavy (non-hydrogen) atoms. The van der Waals surface area contributed by atoms with Gasteiger partial charge >= 0.3 is 11.9 Å². The molecular weight excluding hydrogens is 506 g/mol. The molecule has 4 aliphatic rings. The van der Waals surface area contributed by atoms with Gasteiger partial charge in [0.2, 0.25) is 5.91 Å². The summed E-state index contributed by atoms with van der Waals surface area (Å²) in [5, 5.41) is 12.1. The molecule has 7 heteroatoms.